The topological polar surface area (TPSA) is 82.6 Å². The first-order valence-electron chi connectivity index (χ1n) is 11.3. The van der Waals surface area contributed by atoms with Gasteiger partial charge in [-0.1, -0.05) is 12.8 Å². The Bertz CT molecular complexity index is 877. The SMILES string of the molecule is O=C(N[C@@H](CC1CC1)c1nccs1)Oc1ccc(C2CCOCC2)c(OCC2CC2)n1. The van der Waals surface area contributed by atoms with Crippen LogP contribution >= 0.6 is 11.3 Å². The fourth-order valence-corrected chi connectivity index (χ4v) is 4.69. The van der Waals surface area contributed by atoms with Crippen LogP contribution in [-0.4, -0.2) is 35.9 Å². The summed E-state index contributed by atoms with van der Waals surface area (Å²) >= 11 is 1.56. The van der Waals surface area contributed by atoms with E-state index in [0.29, 0.717) is 30.2 Å². The molecule has 1 saturated heterocycles. The molecule has 1 aliphatic heterocycles. The van der Waals surface area contributed by atoms with Crippen LogP contribution in [0.25, 0.3) is 0 Å². The minimum atomic E-state index is -0.500. The van der Waals surface area contributed by atoms with E-state index in [1.807, 2.05) is 11.4 Å². The predicted molar refractivity (Wildman–Crippen MR) is 117 cm³/mol. The van der Waals surface area contributed by atoms with Crippen LogP contribution in [-0.2, 0) is 4.74 Å². The van der Waals surface area contributed by atoms with Gasteiger partial charge >= 0.3 is 6.09 Å². The van der Waals surface area contributed by atoms with Gasteiger partial charge in [-0.25, -0.2) is 9.78 Å². The average Bonchev–Trinajstić information content (AvgIpc) is 3.72. The number of carbonyl (C=O) groups is 1. The Morgan fingerprint density at radius 3 is 2.68 bits per heavy atom. The first kappa shape index (κ1) is 20.7. The molecule has 2 aromatic rings. The summed E-state index contributed by atoms with van der Waals surface area (Å²) in [5, 5.41) is 5.84. The van der Waals surface area contributed by atoms with E-state index in [1.165, 1.54) is 25.7 Å². The molecule has 2 aromatic heterocycles. The summed E-state index contributed by atoms with van der Waals surface area (Å²) in [6.45, 7) is 2.19. The van der Waals surface area contributed by atoms with Gasteiger partial charge in [0.25, 0.3) is 0 Å². The maximum atomic E-state index is 12.6. The Kier molecular flexibility index (Phi) is 6.36. The molecule has 3 aliphatic rings. The van der Waals surface area contributed by atoms with Crippen LogP contribution in [0.4, 0.5) is 4.79 Å². The molecule has 1 amide bonds. The summed E-state index contributed by atoms with van der Waals surface area (Å²) < 4.78 is 17.1. The van der Waals surface area contributed by atoms with Crippen molar-refractivity contribution >= 4 is 17.4 Å². The quantitative estimate of drug-likeness (QED) is 0.596. The minimum absolute atomic E-state index is 0.118. The first-order chi connectivity index (χ1) is 15.2. The molecule has 5 rings (SSSR count). The number of ether oxygens (including phenoxy) is 3. The van der Waals surface area contributed by atoms with E-state index in [4.69, 9.17) is 14.2 Å². The highest BCUT2D eigenvalue weighted by Gasteiger charge is 2.29. The number of carbonyl (C=O) groups excluding carboxylic acids is 1. The Morgan fingerprint density at radius 1 is 1.16 bits per heavy atom. The number of pyridine rings is 1. The molecule has 0 bridgehead atoms. The monoisotopic (exact) mass is 443 g/mol. The van der Waals surface area contributed by atoms with Gasteiger partial charge in [-0.2, -0.15) is 4.98 Å². The summed E-state index contributed by atoms with van der Waals surface area (Å²) in [6, 6.07) is 3.65. The smallest absolute Gasteiger partial charge is 0.414 e. The lowest BCUT2D eigenvalue weighted by atomic mass is 9.92. The van der Waals surface area contributed by atoms with Crippen LogP contribution in [0.1, 0.15) is 67.5 Å². The molecule has 0 unspecified atom stereocenters. The summed E-state index contributed by atoms with van der Waals surface area (Å²) in [4.78, 5) is 21.6. The highest BCUT2D eigenvalue weighted by atomic mass is 32.1. The number of rotatable bonds is 9. The molecule has 0 aromatic carbocycles. The highest BCUT2D eigenvalue weighted by Crippen LogP contribution is 2.38. The maximum absolute atomic E-state index is 12.6. The van der Waals surface area contributed by atoms with Gasteiger partial charge in [0.1, 0.15) is 5.01 Å². The van der Waals surface area contributed by atoms with E-state index in [2.05, 4.69) is 15.3 Å². The number of aromatic nitrogens is 2. The summed E-state index contributed by atoms with van der Waals surface area (Å²) in [6.07, 6.45) is 8.94. The molecule has 1 atom stereocenters. The fourth-order valence-electron chi connectivity index (χ4n) is 3.99. The van der Waals surface area contributed by atoms with Crippen molar-refractivity contribution in [1.82, 2.24) is 15.3 Å². The molecule has 31 heavy (non-hydrogen) atoms. The molecule has 7 nitrogen and oxygen atoms in total. The summed E-state index contributed by atoms with van der Waals surface area (Å²) in [5.41, 5.74) is 1.09. The average molecular weight is 444 g/mol. The molecular formula is C23H29N3O4S. The number of hydrogen-bond acceptors (Lipinski definition) is 7. The van der Waals surface area contributed by atoms with Crippen molar-refractivity contribution in [2.75, 3.05) is 19.8 Å². The van der Waals surface area contributed by atoms with Gasteiger partial charge in [-0.3, -0.25) is 0 Å². The Labute approximate surface area is 186 Å². The van der Waals surface area contributed by atoms with Gasteiger partial charge in [0.05, 0.1) is 12.6 Å². The predicted octanol–water partition coefficient (Wildman–Crippen LogP) is 4.85. The third-order valence-corrected chi connectivity index (χ3v) is 7.07. The summed E-state index contributed by atoms with van der Waals surface area (Å²) in [5.74, 6) is 2.51. The van der Waals surface area contributed by atoms with Gasteiger partial charge in [0.2, 0.25) is 11.8 Å². The van der Waals surface area contributed by atoms with E-state index >= 15 is 0 Å². The molecule has 0 radical (unpaired) electrons. The molecule has 8 heteroatoms. The molecule has 166 valence electrons. The van der Waals surface area contributed by atoms with E-state index in [1.54, 1.807) is 23.6 Å². The zero-order chi connectivity index (χ0) is 21.0. The number of nitrogens with one attached hydrogen (secondary N) is 1. The van der Waals surface area contributed by atoms with Crippen molar-refractivity contribution in [3.8, 4) is 11.8 Å². The largest absolute Gasteiger partial charge is 0.477 e. The van der Waals surface area contributed by atoms with E-state index in [-0.39, 0.29) is 11.9 Å². The van der Waals surface area contributed by atoms with E-state index in [9.17, 15) is 4.79 Å². The molecule has 2 aliphatic carbocycles. The molecule has 2 saturated carbocycles. The standard InChI is InChI=1S/C23H29N3O4S/c27-23(25-19(13-15-1-2-15)22-24-9-12-31-22)30-20-6-5-18(17-7-10-28-11-8-17)21(26-20)29-14-16-3-4-16/h5-6,9,12,15-17,19H,1-4,7-8,10-11,13-14H2,(H,25,27)/t19-/m0/s1. The zero-order valence-electron chi connectivity index (χ0n) is 17.6. The van der Waals surface area contributed by atoms with Crippen molar-refractivity contribution in [2.45, 2.75) is 56.9 Å². The lowest BCUT2D eigenvalue weighted by Gasteiger charge is -2.24. The van der Waals surface area contributed by atoms with Gasteiger partial charge in [-0.05, 0) is 55.9 Å². The maximum Gasteiger partial charge on any atom is 0.414 e. The van der Waals surface area contributed by atoms with Crippen molar-refractivity contribution in [3.05, 3.63) is 34.3 Å². The van der Waals surface area contributed by atoms with Crippen LogP contribution < -0.4 is 14.8 Å². The lowest BCUT2D eigenvalue weighted by molar-refractivity contribution is 0.0844. The van der Waals surface area contributed by atoms with Gasteiger partial charge in [0.15, 0.2) is 0 Å². The number of nitrogens with zero attached hydrogens (tertiary/aromatic N) is 2. The molecule has 3 heterocycles. The van der Waals surface area contributed by atoms with Gasteiger partial charge in [-0.15, -0.1) is 11.3 Å². The zero-order valence-corrected chi connectivity index (χ0v) is 18.4. The second-order valence-electron chi connectivity index (χ2n) is 8.82. The Hall–Kier alpha value is -2.19. The van der Waals surface area contributed by atoms with Crippen LogP contribution in [0.15, 0.2) is 23.7 Å². The van der Waals surface area contributed by atoms with E-state index in [0.717, 1.165) is 43.0 Å². The molecule has 1 N–H and O–H groups in total. The van der Waals surface area contributed by atoms with Crippen molar-refractivity contribution in [1.29, 1.82) is 0 Å². The second kappa shape index (κ2) is 9.53. The third kappa shape index (κ3) is 5.74. The third-order valence-electron chi connectivity index (χ3n) is 6.18. The summed E-state index contributed by atoms with van der Waals surface area (Å²) in [7, 11) is 0. The van der Waals surface area contributed by atoms with Crippen LogP contribution in [0.5, 0.6) is 11.8 Å². The van der Waals surface area contributed by atoms with Crippen LogP contribution in [0.2, 0.25) is 0 Å². The number of hydrogen-bond donors (Lipinski definition) is 1. The van der Waals surface area contributed by atoms with Crippen LogP contribution in [0.3, 0.4) is 0 Å². The Morgan fingerprint density at radius 2 is 1.97 bits per heavy atom. The van der Waals surface area contributed by atoms with E-state index < -0.39 is 6.09 Å². The van der Waals surface area contributed by atoms with Crippen LogP contribution in [0, 0.1) is 11.8 Å². The van der Waals surface area contributed by atoms with Crippen molar-refractivity contribution in [3.63, 3.8) is 0 Å². The first-order valence-corrected chi connectivity index (χ1v) is 12.2. The number of thiazole rings is 1. The van der Waals surface area contributed by atoms with Gasteiger partial charge in [0, 0.05) is 36.4 Å². The number of amides is 1. The molecule has 3 fully saturated rings. The fraction of sp³-hybridized carbons (Fsp3) is 0.609. The lowest BCUT2D eigenvalue weighted by Crippen LogP contribution is -2.31. The van der Waals surface area contributed by atoms with Crippen molar-refractivity contribution < 1.29 is 19.0 Å². The normalized spacial score (nSPS) is 20.3. The minimum Gasteiger partial charge on any atom is -0.477 e. The molecular weight excluding hydrogens is 414 g/mol. The van der Waals surface area contributed by atoms with Gasteiger partial charge < -0.3 is 19.5 Å². The second-order valence-corrected chi connectivity index (χ2v) is 9.75. The highest BCUT2D eigenvalue weighted by molar-refractivity contribution is 7.09. The Balaban J connectivity index is 1.27. The molecule has 0 spiro atoms. The van der Waals surface area contributed by atoms with Crippen molar-refractivity contribution in [2.24, 2.45) is 11.8 Å².